The van der Waals surface area contributed by atoms with Gasteiger partial charge in [-0.05, 0) is 30.4 Å². The first kappa shape index (κ1) is 15.0. The smallest absolute Gasteiger partial charge is 0.0957 e. The average Bonchev–Trinajstić information content (AvgIpc) is 2.46. The molecule has 0 saturated heterocycles. The normalized spacial score (nSPS) is 17.9. The summed E-state index contributed by atoms with van der Waals surface area (Å²) in [4.78, 5) is 6.72. The molecule has 20 heavy (non-hydrogen) atoms. The summed E-state index contributed by atoms with van der Waals surface area (Å²) < 4.78 is 0. The lowest BCUT2D eigenvalue weighted by Gasteiger charge is -2.33. The van der Waals surface area contributed by atoms with Crippen LogP contribution in [0.25, 0.3) is 0 Å². The first-order valence-electron chi connectivity index (χ1n) is 7.50. The van der Waals surface area contributed by atoms with Gasteiger partial charge in [0.05, 0.1) is 23.7 Å². The maximum absolute atomic E-state index is 9.77. The van der Waals surface area contributed by atoms with E-state index in [1.165, 1.54) is 0 Å². The van der Waals surface area contributed by atoms with Crippen LogP contribution < -0.4 is 4.90 Å². The second kappa shape index (κ2) is 5.96. The summed E-state index contributed by atoms with van der Waals surface area (Å²) in [5.74, 6) is 0. The minimum atomic E-state index is -0.446. The number of nitrogens with zero attached hydrogens (tertiary/aromatic N) is 2. The van der Waals surface area contributed by atoms with Crippen LogP contribution in [0.3, 0.4) is 0 Å². The number of pyridine rings is 1. The summed E-state index contributed by atoms with van der Waals surface area (Å²) in [6.45, 7) is 10.8. The minimum Gasteiger partial charge on any atom is -0.387 e. The van der Waals surface area contributed by atoms with Crippen molar-refractivity contribution in [1.29, 1.82) is 0 Å². The van der Waals surface area contributed by atoms with Gasteiger partial charge in [0.15, 0.2) is 0 Å². The molecule has 110 valence electrons. The molecule has 1 N–H and O–H groups in total. The Balaban J connectivity index is 2.06. The van der Waals surface area contributed by atoms with Gasteiger partial charge in [-0.3, -0.25) is 4.98 Å². The fraction of sp³-hybridized carbons (Fsp3) is 0.588. The Morgan fingerprint density at radius 1 is 1.35 bits per heavy atom. The van der Waals surface area contributed by atoms with E-state index in [0.29, 0.717) is 6.42 Å². The molecule has 3 heteroatoms. The van der Waals surface area contributed by atoms with E-state index < -0.39 is 6.10 Å². The first-order valence-corrected chi connectivity index (χ1v) is 7.50. The van der Waals surface area contributed by atoms with Gasteiger partial charge in [0, 0.05) is 13.1 Å². The van der Waals surface area contributed by atoms with E-state index in [1.54, 1.807) is 5.57 Å². The zero-order valence-electron chi connectivity index (χ0n) is 13.1. The number of rotatable bonds is 3. The van der Waals surface area contributed by atoms with Crippen molar-refractivity contribution >= 4 is 5.69 Å². The molecule has 0 bridgehead atoms. The molecule has 2 heterocycles. The predicted octanol–water partition coefficient (Wildman–Crippen LogP) is 3.71. The van der Waals surface area contributed by atoms with E-state index in [0.717, 1.165) is 30.9 Å². The Labute approximate surface area is 122 Å². The molecular formula is C17H26N2O. The molecule has 1 aromatic rings. The third-order valence-electron chi connectivity index (χ3n) is 4.04. The Kier molecular flexibility index (Phi) is 4.48. The molecule has 0 saturated carbocycles. The third kappa shape index (κ3) is 3.40. The van der Waals surface area contributed by atoms with Crippen molar-refractivity contribution < 1.29 is 5.11 Å². The van der Waals surface area contributed by atoms with E-state index in [-0.39, 0.29) is 5.41 Å². The van der Waals surface area contributed by atoms with Crippen molar-refractivity contribution in [1.82, 2.24) is 4.98 Å². The molecule has 1 atom stereocenters. The Morgan fingerprint density at radius 2 is 2.10 bits per heavy atom. The number of aliphatic hydroxyl groups excluding tert-OH is 1. The molecule has 0 unspecified atom stereocenters. The fourth-order valence-electron chi connectivity index (χ4n) is 2.58. The van der Waals surface area contributed by atoms with Gasteiger partial charge in [-0.1, -0.05) is 39.3 Å². The quantitative estimate of drug-likeness (QED) is 0.854. The summed E-state index contributed by atoms with van der Waals surface area (Å²) in [6, 6.07) is 4.00. The average molecular weight is 274 g/mol. The van der Waals surface area contributed by atoms with E-state index in [1.807, 2.05) is 19.2 Å². The van der Waals surface area contributed by atoms with Crippen LogP contribution in [0.4, 0.5) is 5.69 Å². The van der Waals surface area contributed by atoms with Crippen LogP contribution in [-0.4, -0.2) is 23.2 Å². The lowest BCUT2D eigenvalue weighted by molar-refractivity contribution is 0.169. The highest BCUT2D eigenvalue weighted by Gasteiger charge is 2.21. The predicted molar refractivity (Wildman–Crippen MR) is 83.9 cm³/mol. The first-order chi connectivity index (χ1) is 9.41. The van der Waals surface area contributed by atoms with Crippen LogP contribution in [0.1, 0.15) is 52.3 Å². The van der Waals surface area contributed by atoms with Crippen LogP contribution in [0.15, 0.2) is 30.0 Å². The summed E-state index contributed by atoms with van der Waals surface area (Å²) in [6.07, 6.45) is 5.59. The molecule has 0 aromatic carbocycles. The zero-order valence-corrected chi connectivity index (χ0v) is 13.1. The Bertz CT molecular complexity index is 471. The Morgan fingerprint density at radius 3 is 2.55 bits per heavy atom. The number of hydrogen-bond donors (Lipinski definition) is 1. The molecule has 0 aliphatic carbocycles. The summed E-state index contributed by atoms with van der Waals surface area (Å²) in [7, 11) is 0. The van der Waals surface area contributed by atoms with Crippen molar-refractivity contribution in [2.24, 2.45) is 5.41 Å². The van der Waals surface area contributed by atoms with E-state index in [9.17, 15) is 5.11 Å². The maximum Gasteiger partial charge on any atom is 0.0957 e. The van der Waals surface area contributed by atoms with Crippen molar-refractivity contribution in [3.05, 3.63) is 35.7 Å². The summed E-state index contributed by atoms with van der Waals surface area (Å²) in [5.41, 5.74) is 3.72. The third-order valence-corrected chi connectivity index (χ3v) is 4.04. The largest absolute Gasteiger partial charge is 0.387 e. The standard InChI is InChI=1S/C17H26N2O/c1-5-16(20)15-7-6-14(12-18-15)19-10-8-13(9-11-19)17(2,3)4/h6-8,12,16,20H,5,9-11H2,1-4H3/t16-/m0/s1. The van der Waals surface area contributed by atoms with Gasteiger partial charge >= 0.3 is 0 Å². The highest BCUT2D eigenvalue weighted by atomic mass is 16.3. The molecule has 1 aliphatic rings. The summed E-state index contributed by atoms with van der Waals surface area (Å²) in [5, 5.41) is 9.77. The van der Waals surface area contributed by atoms with Gasteiger partial charge in [0.1, 0.15) is 0 Å². The number of anilines is 1. The van der Waals surface area contributed by atoms with Crippen molar-refractivity contribution in [2.45, 2.75) is 46.6 Å². The van der Waals surface area contributed by atoms with Crippen molar-refractivity contribution in [3.63, 3.8) is 0 Å². The Hall–Kier alpha value is -1.35. The highest BCUT2D eigenvalue weighted by Crippen LogP contribution is 2.31. The monoisotopic (exact) mass is 274 g/mol. The van der Waals surface area contributed by atoms with Crippen LogP contribution in [0, 0.1) is 5.41 Å². The van der Waals surface area contributed by atoms with Crippen molar-refractivity contribution in [2.75, 3.05) is 18.0 Å². The second-order valence-corrected chi connectivity index (χ2v) is 6.54. The molecule has 1 aromatic heterocycles. The molecule has 0 radical (unpaired) electrons. The zero-order chi connectivity index (χ0) is 14.8. The van der Waals surface area contributed by atoms with Crippen LogP contribution >= 0.6 is 0 Å². The van der Waals surface area contributed by atoms with Crippen molar-refractivity contribution in [3.8, 4) is 0 Å². The van der Waals surface area contributed by atoms with Crippen LogP contribution in [0.2, 0.25) is 0 Å². The summed E-state index contributed by atoms with van der Waals surface area (Å²) >= 11 is 0. The van der Waals surface area contributed by atoms with Gasteiger partial charge in [0.25, 0.3) is 0 Å². The molecule has 0 amide bonds. The molecule has 2 rings (SSSR count). The highest BCUT2D eigenvalue weighted by molar-refractivity contribution is 5.47. The lowest BCUT2D eigenvalue weighted by atomic mass is 9.83. The minimum absolute atomic E-state index is 0.277. The van der Waals surface area contributed by atoms with Gasteiger partial charge < -0.3 is 10.0 Å². The molecule has 1 aliphatic heterocycles. The van der Waals surface area contributed by atoms with E-state index in [2.05, 4.69) is 42.8 Å². The maximum atomic E-state index is 9.77. The molecule has 0 fully saturated rings. The lowest BCUT2D eigenvalue weighted by Crippen LogP contribution is -2.31. The second-order valence-electron chi connectivity index (χ2n) is 6.54. The topological polar surface area (TPSA) is 36.4 Å². The van der Waals surface area contributed by atoms with Gasteiger partial charge in [0.2, 0.25) is 0 Å². The molecule has 3 nitrogen and oxygen atoms in total. The number of aromatic nitrogens is 1. The number of hydrogen-bond acceptors (Lipinski definition) is 3. The van der Waals surface area contributed by atoms with Gasteiger partial charge in [-0.2, -0.15) is 0 Å². The van der Waals surface area contributed by atoms with Gasteiger partial charge in [-0.25, -0.2) is 0 Å². The molecular weight excluding hydrogens is 248 g/mol. The van der Waals surface area contributed by atoms with Crippen LogP contribution in [-0.2, 0) is 0 Å². The fourth-order valence-corrected chi connectivity index (χ4v) is 2.58. The van der Waals surface area contributed by atoms with Gasteiger partial charge in [-0.15, -0.1) is 0 Å². The SMILES string of the molecule is CC[C@H](O)c1ccc(N2CC=C(C(C)(C)C)CC2)cn1. The van der Waals surface area contributed by atoms with E-state index in [4.69, 9.17) is 0 Å². The van der Waals surface area contributed by atoms with E-state index >= 15 is 0 Å². The van der Waals surface area contributed by atoms with Crippen LogP contribution in [0.5, 0.6) is 0 Å². The number of aliphatic hydroxyl groups is 1. The molecule has 0 spiro atoms.